The summed E-state index contributed by atoms with van der Waals surface area (Å²) >= 11 is 0. The second kappa shape index (κ2) is 6.12. The SMILES string of the molecule is CCC(=O)OOC[C@H](N)CC. The van der Waals surface area contributed by atoms with Crippen LogP contribution in [0.5, 0.6) is 0 Å². The average Bonchev–Trinajstić information content (AvgIpc) is 2.04. The van der Waals surface area contributed by atoms with Crippen molar-refractivity contribution in [1.82, 2.24) is 0 Å². The molecule has 0 rings (SSSR count). The van der Waals surface area contributed by atoms with Gasteiger partial charge in [-0.2, -0.15) is 4.89 Å². The number of carbonyl (C=O) groups is 1. The van der Waals surface area contributed by atoms with Crippen LogP contribution in [-0.2, 0) is 14.6 Å². The standard InChI is InChI=1S/C7H15NO3/c1-3-6(8)5-10-11-7(9)4-2/h6H,3-5,8H2,1-2H3/t6-/m1/s1. The summed E-state index contributed by atoms with van der Waals surface area (Å²) in [5, 5.41) is 0. The fraction of sp³-hybridized carbons (Fsp3) is 0.857. The van der Waals surface area contributed by atoms with Gasteiger partial charge in [0.15, 0.2) is 0 Å². The first-order chi connectivity index (χ1) is 5.20. The Bertz CT molecular complexity index is 116. The van der Waals surface area contributed by atoms with Gasteiger partial charge in [-0.3, -0.25) is 4.89 Å². The Kier molecular flexibility index (Phi) is 5.78. The third-order valence-electron chi connectivity index (χ3n) is 1.25. The molecular weight excluding hydrogens is 146 g/mol. The van der Waals surface area contributed by atoms with Crippen LogP contribution in [0.3, 0.4) is 0 Å². The Morgan fingerprint density at radius 2 is 2.18 bits per heavy atom. The normalized spacial score (nSPS) is 12.6. The summed E-state index contributed by atoms with van der Waals surface area (Å²) in [5.41, 5.74) is 5.48. The molecule has 0 aliphatic heterocycles. The van der Waals surface area contributed by atoms with E-state index in [0.717, 1.165) is 6.42 Å². The third kappa shape index (κ3) is 5.82. The lowest BCUT2D eigenvalue weighted by atomic mass is 10.3. The number of carbonyl (C=O) groups excluding carboxylic acids is 1. The van der Waals surface area contributed by atoms with Gasteiger partial charge in [-0.25, -0.2) is 4.79 Å². The van der Waals surface area contributed by atoms with E-state index in [1.165, 1.54) is 0 Å². The first kappa shape index (κ1) is 10.4. The molecule has 4 nitrogen and oxygen atoms in total. The van der Waals surface area contributed by atoms with Gasteiger partial charge in [0.05, 0.1) is 0 Å². The lowest BCUT2D eigenvalue weighted by Gasteiger charge is -2.06. The van der Waals surface area contributed by atoms with Crippen LogP contribution in [0.2, 0.25) is 0 Å². The van der Waals surface area contributed by atoms with Crippen molar-refractivity contribution in [1.29, 1.82) is 0 Å². The molecule has 0 bridgehead atoms. The van der Waals surface area contributed by atoms with Gasteiger partial charge in [0.2, 0.25) is 0 Å². The van der Waals surface area contributed by atoms with E-state index in [4.69, 9.17) is 5.73 Å². The summed E-state index contributed by atoms with van der Waals surface area (Å²) in [7, 11) is 0. The molecule has 1 atom stereocenters. The Balaban J connectivity index is 3.20. The quantitative estimate of drug-likeness (QED) is 0.474. The highest BCUT2D eigenvalue weighted by Gasteiger charge is 2.02. The van der Waals surface area contributed by atoms with Crippen LogP contribution in [0.25, 0.3) is 0 Å². The monoisotopic (exact) mass is 161 g/mol. The molecule has 0 aromatic carbocycles. The lowest BCUT2D eigenvalue weighted by Crippen LogP contribution is -2.25. The zero-order valence-electron chi connectivity index (χ0n) is 7.00. The molecule has 4 heteroatoms. The molecule has 0 saturated heterocycles. The highest BCUT2D eigenvalue weighted by atomic mass is 17.2. The van der Waals surface area contributed by atoms with Gasteiger partial charge in [-0.15, -0.1) is 0 Å². The van der Waals surface area contributed by atoms with Crippen LogP contribution in [0.15, 0.2) is 0 Å². The summed E-state index contributed by atoms with van der Waals surface area (Å²) in [6, 6.07) is -0.0559. The maximum Gasteiger partial charge on any atom is 0.342 e. The van der Waals surface area contributed by atoms with Crippen LogP contribution in [0.1, 0.15) is 26.7 Å². The summed E-state index contributed by atoms with van der Waals surface area (Å²) in [6.45, 7) is 3.91. The molecule has 0 aromatic rings. The van der Waals surface area contributed by atoms with Crippen LogP contribution >= 0.6 is 0 Å². The molecule has 0 amide bonds. The smallest absolute Gasteiger partial charge is 0.326 e. The zero-order chi connectivity index (χ0) is 8.69. The lowest BCUT2D eigenvalue weighted by molar-refractivity contribution is -0.273. The molecule has 66 valence electrons. The Labute approximate surface area is 66.6 Å². The second-order valence-electron chi connectivity index (χ2n) is 2.26. The van der Waals surface area contributed by atoms with Crippen molar-refractivity contribution in [3.63, 3.8) is 0 Å². The topological polar surface area (TPSA) is 61.5 Å². The summed E-state index contributed by atoms with van der Waals surface area (Å²) in [4.78, 5) is 19.4. The van der Waals surface area contributed by atoms with Crippen molar-refractivity contribution in [3.8, 4) is 0 Å². The van der Waals surface area contributed by atoms with E-state index < -0.39 is 0 Å². The highest BCUT2D eigenvalue weighted by molar-refractivity contribution is 5.68. The predicted octanol–water partition coefficient (Wildman–Crippen LogP) is 0.609. The van der Waals surface area contributed by atoms with Crippen LogP contribution in [-0.4, -0.2) is 18.6 Å². The van der Waals surface area contributed by atoms with Gasteiger partial charge in [0.1, 0.15) is 6.61 Å². The van der Waals surface area contributed by atoms with Gasteiger partial charge < -0.3 is 5.73 Å². The third-order valence-corrected chi connectivity index (χ3v) is 1.25. The molecule has 0 aliphatic carbocycles. The van der Waals surface area contributed by atoms with Crippen molar-refractivity contribution in [2.75, 3.05) is 6.61 Å². The number of hydrogen-bond donors (Lipinski definition) is 1. The fourth-order valence-corrected chi connectivity index (χ4v) is 0.364. The van der Waals surface area contributed by atoms with Crippen molar-refractivity contribution in [3.05, 3.63) is 0 Å². The minimum absolute atomic E-state index is 0.0559. The van der Waals surface area contributed by atoms with E-state index in [1.54, 1.807) is 6.92 Å². The van der Waals surface area contributed by atoms with E-state index in [9.17, 15) is 4.79 Å². The summed E-state index contributed by atoms with van der Waals surface area (Å²) in [6.07, 6.45) is 1.13. The molecule has 0 fully saturated rings. The van der Waals surface area contributed by atoms with Crippen molar-refractivity contribution in [2.45, 2.75) is 32.7 Å². The maximum atomic E-state index is 10.5. The fourth-order valence-electron chi connectivity index (χ4n) is 0.364. The van der Waals surface area contributed by atoms with Gasteiger partial charge in [-0.1, -0.05) is 13.8 Å². The Hall–Kier alpha value is -0.610. The van der Waals surface area contributed by atoms with Crippen molar-refractivity contribution < 1.29 is 14.6 Å². The van der Waals surface area contributed by atoms with E-state index in [2.05, 4.69) is 9.78 Å². The minimum atomic E-state index is -0.367. The number of nitrogens with two attached hydrogens (primary N) is 1. The molecule has 0 radical (unpaired) electrons. The van der Waals surface area contributed by atoms with Crippen molar-refractivity contribution >= 4 is 5.97 Å². The Morgan fingerprint density at radius 1 is 1.55 bits per heavy atom. The molecular formula is C7H15NO3. The molecule has 0 aliphatic rings. The zero-order valence-corrected chi connectivity index (χ0v) is 7.00. The Morgan fingerprint density at radius 3 is 2.64 bits per heavy atom. The molecule has 11 heavy (non-hydrogen) atoms. The molecule has 0 unspecified atom stereocenters. The van der Waals surface area contributed by atoms with Crippen LogP contribution in [0.4, 0.5) is 0 Å². The summed E-state index contributed by atoms with van der Waals surface area (Å²) < 4.78 is 0. The first-order valence-electron chi connectivity index (χ1n) is 3.78. The van der Waals surface area contributed by atoms with Gasteiger partial charge in [0.25, 0.3) is 0 Å². The first-order valence-corrected chi connectivity index (χ1v) is 3.78. The molecule has 0 aromatic heterocycles. The molecule has 2 N–H and O–H groups in total. The maximum absolute atomic E-state index is 10.5. The highest BCUT2D eigenvalue weighted by Crippen LogP contribution is 1.90. The van der Waals surface area contributed by atoms with Gasteiger partial charge in [-0.05, 0) is 6.42 Å². The molecule has 0 spiro atoms. The second-order valence-corrected chi connectivity index (χ2v) is 2.26. The van der Waals surface area contributed by atoms with E-state index in [-0.39, 0.29) is 18.6 Å². The molecule has 0 heterocycles. The van der Waals surface area contributed by atoms with E-state index in [0.29, 0.717) is 6.42 Å². The predicted molar refractivity (Wildman–Crippen MR) is 40.6 cm³/mol. The average molecular weight is 161 g/mol. The number of hydrogen-bond acceptors (Lipinski definition) is 4. The molecule has 0 saturated carbocycles. The van der Waals surface area contributed by atoms with E-state index in [1.807, 2.05) is 6.92 Å². The van der Waals surface area contributed by atoms with Crippen LogP contribution in [0, 0.1) is 0 Å². The van der Waals surface area contributed by atoms with Gasteiger partial charge in [0, 0.05) is 12.5 Å². The summed E-state index contributed by atoms with van der Waals surface area (Å²) in [5.74, 6) is -0.367. The largest absolute Gasteiger partial charge is 0.342 e. The van der Waals surface area contributed by atoms with Crippen LogP contribution < -0.4 is 5.73 Å². The van der Waals surface area contributed by atoms with E-state index >= 15 is 0 Å². The van der Waals surface area contributed by atoms with Gasteiger partial charge >= 0.3 is 5.97 Å². The minimum Gasteiger partial charge on any atom is -0.326 e. The van der Waals surface area contributed by atoms with Crippen molar-refractivity contribution in [2.24, 2.45) is 5.73 Å². The number of rotatable bonds is 5.